The lowest BCUT2D eigenvalue weighted by molar-refractivity contribution is -0.0530. The molecule has 0 aliphatic carbocycles. The number of aliphatic imine (C=N–C) groups is 1. The zero-order valence-corrected chi connectivity index (χ0v) is 9.54. The monoisotopic (exact) mass is 240 g/mol. The maximum absolute atomic E-state index is 11.0. The molecule has 2 aliphatic heterocycles. The molecule has 0 aromatic heterocycles. The Morgan fingerprint density at radius 1 is 1.65 bits per heavy atom. The van der Waals surface area contributed by atoms with Crippen molar-refractivity contribution in [1.29, 1.82) is 0 Å². The minimum atomic E-state index is -0.920. The van der Waals surface area contributed by atoms with Crippen molar-refractivity contribution in [3.05, 3.63) is 12.5 Å². The average molecular weight is 240 g/mol. The molecule has 2 aliphatic rings. The van der Waals surface area contributed by atoms with Crippen LogP contribution in [-0.4, -0.2) is 47.8 Å². The number of amides is 1. The normalized spacial score (nSPS) is 24.1. The van der Waals surface area contributed by atoms with Gasteiger partial charge in [-0.15, -0.1) is 0 Å². The molecule has 6 heteroatoms. The lowest BCUT2D eigenvalue weighted by Gasteiger charge is -2.33. The van der Waals surface area contributed by atoms with Crippen molar-refractivity contribution in [3.63, 3.8) is 0 Å². The second-order valence-corrected chi connectivity index (χ2v) is 4.03. The predicted octanol–water partition coefficient (Wildman–Crippen LogP) is 1.44. The van der Waals surface area contributed by atoms with Gasteiger partial charge in [-0.3, -0.25) is 9.89 Å². The van der Waals surface area contributed by atoms with Crippen LogP contribution in [0.1, 0.15) is 19.3 Å². The summed E-state index contributed by atoms with van der Waals surface area (Å²) in [5, 5.41) is 9.03. The largest absolute Gasteiger partial charge is 0.494 e. The van der Waals surface area contributed by atoms with E-state index < -0.39 is 6.09 Å². The summed E-state index contributed by atoms with van der Waals surface area (Å²) in [7, 11) is 0. The molecule has 0 bridgehead atoms. The second kappa shape index (κ2) is 5.67. The van der Waals surface area contributed by atoms with E-state index in [1.165, 1.54) is 11.2 Å². The van der Waals surface area contributed by atoms with Gasteiger partial charge in [0.05, 0.1) is 18.5 Å². The first-order valence-electron chi connectivity index (χ1n) is 5.71. The Labute approximate surface area is 99.5 Å². The van der Waals surface area contributed by atoms with Crippen molar-refractivity contribution in [1.82, 2.24) is 4.90 Å². The number of carboxylic acid groups (broad SMARTS) is 1. The van der Waals surface area contributed by atoms with Gasteiger partial charge in [0.25, 0.3) is 0 Å². The van der Waals surface area contributed by atoms with Gasteiger partial charge >= 0.3 is 6.09 Å². The molecule has 0 saturated carbocycles. The van der Waals surface area contributed by atoms with E-state index in [1.54, 1.807) is 6.20 Å². The van der Waals surface area contributed by atoms with Crippen LogP contribution in [0.25, 0.3) is 0 Å². The van der Waals surface area contributed by atoms with Crippen molar-refractivity contribution in [2.24, 2.45) is 4.99 Å². The third kappa shape index (κ3) is 3.20. The van der Waals surface area contributed by atoms with Gasteiger partial charge in [-0.1, -0.05) is 0 Å². The van der Waals surface area contributed by atoms with Crippen LogP contribution in [0.3, 0.4) is 0 Å². The number of piperidine rings is 1. The van der Waals surface area contributed by atoms with Crippen LogP contribution in [-0.2, 0) is 9.47 Å². The summed E-state index contributed by atoms with van der Waals surface area (Å²) < 4.78 is 10.7. The van der Waals surface area contributed by atoms with Gasteiger partial charge in [0, 0.05) is 6.54 Å². The SMILES string of the molecule is O=C(O)N1CCCCC1OCC1=NC=COC1. The fourth-order valence-corrected chi connectivity index (χ4v) is 1.92. The molecular formula is C11H16N2O4. The van der Waals surface area contributed by atoms with Crippen LogP contribution < -0.4 is 0 Å². The summed E-state index contributed by atoms with van der Waals surface area (Å²) in [5.74, 6) is 0. The summed E-state index contributed by atoms with van der Waals surface area (Å²) in [6.07, 6.45) is 4.46. The lowest BCUT2D eigenvalue weighted by Crippen LogP contribution is -2.45. The van der Waals surface area contributed by atoms with Gasteiger partial charge < -0.3 is 14.6 Å². The molecule has 17 heavy (non-hydrogen) atoms. The van der Waals surface area contributed by atoms with Crippen molar-refractivity contribution in [3.8, 4) is 0 Å². The lowest BCUT2D eigenvalue weighted by atomic mass is 10.1. The molecule has 1 fully saturated rings. The quantitative estimate of drug-likeness (QED) is 0.810. The summed E-state index contributed by atoms with van der Waals surface area (Å²) in [4.78, 5) is 16.5. The van der Waals surface area contributed by atoms with E-state index in [4.69, 9.17) is 14.6 Å². The van der Waals surface area contributed by atoms with E-state index in [0.717, 1.165) is 25.0 Å². The first kappa shape index (κ1) is 11.9. The van der Waals surface area contributed by atoms with Gasteiger partial charge in [0.2, 0.25) is 0 Å². The Morgan fingerprint density at radius 2 is 2.53 bits per heavy atom. The smallest absolute Gasteiger partial charge is 0.409 e. The molecule has 2 heterocycles. The highest BCUT2D eigenvalue weighted by Crippen LogP contribution is 2.18. The van der Waals surface area contributed by atoms with E-state index in [2.05, 4.69) is 4.99 Å². The molecule has 0 spiro atoms. The van der Waals surface area contributed by atoms with E-state index in [1.807, 2.05) is 0 Å². The molecule has 1 saturated heterocycles. The number of hydrogen-bond donors (Lipinski definition) is 1. The Balaban J connectivity index is 1.85. The van der Waals surface area contributed by atoms with E-state index in [-0.39, 0.29) is 6.23 Å². The molecule has 2 rings (SSSR count). The molecule has 1 N–H and O–H groups in total. The fraction of sp³-hybridized carbons (Fsp3) is 0.636. The Morgan fingerprint density at radius 3 is 3.24 bits per heavy atom. The molecule has 1 amide bonds. The summed E-state index contributed by atoms with van der Waals surface area (Å²) >= 11 is 0. The van der Waals surface area contributed by atoms with Gasteiger partial charge in [-0.2, -0.15) is 0 Å². The van der Waals surface area contributed by atoms with Crippen LogP contribution in [0.4, 0.5) is 4.79 Å². The van der Waals surface area contributed by atoms with Gasteiger partial charge in [0.1, 0.15) is 19.1 Å². The number of ether oxygens (including phenoxy) is 2. The topological polar surface area (TPSA) is 71.4 Å². The van der Waals surface area contributed by atoms with Crippen molar-refractivity contribution in [2.45, 2.75) is 25.5 Å². The van der Waals surface area contributed by atoms with Crippen LogP contribution in [0, 0.1) is 0 Å². The minimum Gasteiger partial charge on any atom is -0.494 e. The molecule has 6 nitrogen and oxygen atoms in total. The van der Waals surface area contributed by atoms with Crippen molar-refractivity contribution in [2.75, 3.05) is 19.8 Å². The third-order valence-corrected chi connectivity index (χ3v) is 2.80. The number of carbonyl (C=O) groups is 1. The summed E-state index contributed by atoms with van der Waals surface area (Å²) in [6, 6.07) is 0. The van der Waals surface area contributed by atoms with Crippen LogP contribution >= 0.6 is 0 Å². The molecule has 0 aromatic carbocycles. The number of likely N-dealkylation sites (tertiary alicyclic amines) is 1. The molecular weight excluding hydrogens is 224 g/mol. The number of nitrogens with zero attached hydrogens (tertiary/aromatic N) is 2. The van der Waals surface area contributed by atoms with Gasteiger partial charge in [-0.25, -0.2) is 4.79 Å². The van der Waals surface area contributed by atoms with Gasteiger partial charge in [-0.05, 0) is 19.3 Å². The molecule has 0 aromatic rings. The Kier molecular flexibility index (Phi) is 3.98. The van der Waals surface area contributed by atoms with E-state index >= 15 is 0 Å². The number of rotatable bonds is 3. The zero-order chi connectivity index (χ0) is 12.1. The van der Waals surface area contributed by atoms with Crippen LogP contribution in [0.15, 0.2) is 17.5 Å². The highest BCUT2D eigenvalue weighted by atomic mass is 16.5. The van der Waals surface area contributed by atoms with Crippen molar-refractivity contribution >= 4 is 11.8 Å². The number of hydrogen-bond acceptors (Lipinski definition) is 4. The van der Waals surface area contributed by atoms with Crippen molar-refractivity contribution < 1.29 is 19.4 Å². The van der Waals surface area contributed by atoms with Crippen LogP contribution in [0.5, 0.6) is 0 Å². The van der Waals surface area contributed by atoms with Crippen LogP contribution in [0.2, 0.25) is 0 Å². The first-order valence-corrected chi connectivity index (χ1v) is 5.71. The Bertz CT molecular complexity index is 340. The molecule has 1 atom stereocenters. The molecule has 0 radical (unpaired) electrons. The average Bonchev–Trinajstić information content (AvgIpc) is 2.38. The molecule has 1 unspecified atom stereocenters. The maximum atomic E-state index is 11.0. The summed E-state index contributed by atoms with van der Waals surface area (Å²) in [5.41, 5.74) is 0.781. The third-order valence-electron chi connectivity index (χ3n) is 2.80. The van der Waals surface area contributed by atoms with E-state index in [9.17, 15) is 4.79 Å². The fourth-order valence-electron chi connectivity index (χ4n) is 1.92. The first-order chi connectivity index (χ1) is 8.27. The van der Waals surface area contributed by atoms with E-state index in [0.29, 0.717) is 19.8 Å². The molecule has 94 valence electrons. The maximum Gasteiger partial charge on any atom is 0.409 e. The highest BCUT2D eigenvalue weighted by molar-refractivity contribution is 5.87. The Hall–Kier alpha value is -1.56. The standard InChI is InChI=1S/C11H16N2O4/c14-11(15)13-5-2-1-3-10(13)17-8-9-7-16-6-4-12-9/h4,6,10H,1-3,5,7-8H2,(H,14,15). The predicted molar refractivity (Wildman–Crippen MR) is 60.8 cm³/mol. The second-order valence-electron chi connectivity index (χ2n) is 4.03. The minimum absolute atomic E-state index is 0.318. The zero-order valence-electron chi connectivity index (χ0n) is 9.54. The highest BCUT2D eigenvalue weighted by Gasteiger charge is 2.27. The van der Waals surface area contributed by atoms with Gasteiger partial charge in [0.15, 0.2) is 0 Å². The summed E-state index contributed by atoms with van der Waals surface area (Å²) in [6.45, 7) is 1.28.